The summed E-state index contributed by atoms with van der Waals surface area (Å²) < 4.78 is 0. The van der Waals surface area contributed by atoms with E-state index >= 15 is 0 Å². The van der Waals surface area contributed by atoms with Gasteiger partial charge in [0.25, 0.3) is 0 Å². The molecule has 0 spiro atoms. The molecule has 5 heteroatoms. The van der Waals surface area contributed by atoms with Crippen LogP contribution in [0.25, 0.3) is 0 Å². The predicted molar refractivity (Wildman–Crippen MR) is 91.7 cm³/mol. The third-order valence-electron chi connectivity index (χ3n) is 4.00. The molecule has 1 aliphatic rings. The van der Waals surface area contributed by atoms with Gasteiger partial charge in [0.2, 0.25) is 0 Å². The fourth-order valence-electron chi connectivity index (χ4n) is 2.82. The number of benzene rings is 2. The maximum atomic E-state index is 12.7. The number of carbonyl (C=O) groups excluding carboxylic acids is 2. The zero-order valence-electron chi connectivity index (χ0n) is 12.6. The monoisotopic (exact) mass is 315 g/mol. The molecule has 3 N–H and O–H groups in total. The largest absolute Gasteiger partial charge is 0.384 e. The fraction of sp³-hybridized carbons (Fsp3) is 0. The van der Waals surface area contributed by atoms with Crippen LogP contribution in [0.2, 0.25) is 0 Å². The lowest BCUT2D eigenvalue weighted by Crippen LogP contribution is -2.20. The molecule has 0 bridgehead atoms. The smallest absolute Gasteiger partial charge is 0.194 e. The summed E-state index contributed by atoms with van der Waals surface area (Å²) in [6.45, 7) is 0. The number of ketones is 2. The summed E-state index contributed by atoms with van der Waals surface area (Å²) in [7, 11) is 0. The van der Waals surface area contributed by atoms with Gasteiger partial charge in [-0.05, 0) is 30.3 Å². The Morgan fingerprint density at radius 1 is 0.750 bits per heavy atom. The van der Waals surface area contributed by atoms with E-state index in [0.717, 1.165) is 5.69 Å². The lowest BCUT2D eigenvalue weighted by molar-refractivity contribution is 0.0979. The molecule has 0 fully saturated rings. The second-order valence-corrected chi connectivity index (χ2v) is 5.56. The summed E-state index contributed by atoms with van der Waals surface area (Å²) in [4.78, 5) is 29.3. The van der Waals surface area contributed by atoms with Crippen molar-refractivity contribution in [2.24, 2.45) is 0 Å². The van der Waals surface area contributed by atoms with Gasteiger partial charge in [0.15, 0.2) is 11.6 Å². The van der Waals surface area contributed by atoms with Crippen LogP contribution in [0.5, 0.6) is 0 Å². The van der Waals surface area contributed by atoms with Gasteiger partial charge >= 0.3 is 0 Å². The van der Waals surface area contributed by atoms with E-state index < -0.39 is 0 Å². The molecule has 1 aromatic heterocycles. The standard InChI is InChI=1S/C19H13N3O2/c20-17-8-6-12(10-21-17)22-11-5-7-15-16(9-11)19(24)14-4-2-1-3-13(14)18(15)23/h1-10,22H,(H2,20,21). The van der Waals surface area contributed by atoms with E-state index in [1.165, 1.54) is 0 Å². The van der Waals surface area contributed by atoms with Crippen molar-refractivity contribution in [3.8, 4) is 0 Å². The number of pyridine rings is 1. The van der Waals surface area contributed by atoms with Crippen molar-refractivity contribution in [1.82, 2.24) is 4.98 Å². The van der Waals surface area contributed by atoms with E-state index in [4.69, 9.17) is 5.73 Å². The van der Waals surface area contributed by atoms with Crippen molar-refractivity contribution in [2.45, 2.75) is 0 Å². The number of anilines is 3. The van der Waals surface area contributed by atoms with Crippen LogP contribution in [0.15, 0.2) is 60.8 Å². The van der Waals surface area contributed by atoms with E-state index in [-0.39, 0.29) is 11.6 Å². The molecule has 116 valence electrons. The van der Waals surface area contributed by atoms with Gasteiger partial charge in [-0.25, -0.2) is 4.98 Å². The zero-order chi connectivity index (χ0) is 16.7. The maximum absolute atomic E-state index is 12.7. The number of nitrogens with one attached hydrogen (secondary N) is 1. The summed E-state index contributed by atoms with van der Waals surface area (Å²) in [5.74, 6) is 0.170. The zero-order valence-corrected chi connectivity index (χ0v) is 12.6. The van der Waals surface area contributed by atoms with Crippen molar-refractivity contribution in [1.29, 1.82) is 0 Å². The molecule has 0 aliphatic heterocycles. The van der Waals surface area contributed by atoms with Gasteiger partial charge in [-0.15, -0.1) is 0 Å². The highest BCUT2D eigenvalue weighted by molar-refractivity contribution is 6.28. The van der Waals surface area contributed by atoms with Crippen LogP contribution in [0.3, 0.4) is 0 Å². The number of nitrogen functional groups attached to an aromatic ring is 1. The van der Waals surface area contributed by atoms with Crippen molar-refractivity contribution in [2.75, 3.05) is 11.1 Å². The summed E-state index contributed by atoms with van der Waals surface area (Å²) in [6.07, 6.45) is 1.61. The summed E-state index contributed by atoms with van der Waals surface area (Å²) in [5, 5.41) is 3.16. The van der Waals surface area contributed by atoms with Gasteiger partial charge in [-0.3, -0.25) is 9.59 Å². The fourth-order valence-corrected chi connectivity index (χ4v) is 2.82. The van der Waals surface area contributed by atoms with Crippen molar-refractivity contribution in [3.05, 3.63) is 83.0 Å². The first-order valence-electron chi connectivity index (χ1n) is 7.44. The lowest BCUT2D eigenvalue weighted by atomic mass is 9.84. The number of nitrogens with zero attached hydrogens (tertiary/aromatic N) is 1. The molecule has 4 rings (SSSR count). The van der Waals surface area contributed by atoms with Crippen LogP contribution in [-0.2, 0) is 0 Å². The van der Waals surface area contributed by atoms with Crippen molar-refractivity contribution < 1.29 is 9.59 Å². The first-order valence-corrected chi connectivity index (χ1v) is 7.44. The van der Waals surface area contributed by atoms with Gasteiger partial charge in [0.05, 0.1) is 11.9 Å². The quantitative estimate of drug-likeness (QED) is 0.593. The normalized spacial score (nSPS) is 12.5. The molecule has 24 heavy (non-hydrogen) atoms. The van der Waals surface area contributed by atoms with Gasteiger partial charge in [-0.1, -0.05) is 24.3 Å². The molecule has 2 aromatic carbocycles. The minimum absolute atomic E-state index is 0.124. The Labute approximate surface area is 138 Å². The average molecular weight is 315 g/mol. The average Bonchev–Trinajstić information content (AvgIpc) is 2.62. The van der Waals surface area contributed by atoms with Crippen LogP contribution in [0.4, 0.5) is 17.2 Å². The van der Waals surface area contributed by atoms with Crippen LogP contribution >= 0.6 is 0 Å². The minimum Gasteiger partial charge on any atom is -0.384 e. The molecule has 0 saturated heterocycles. The minimum atomic E-state index is -0.140. The highest BCUT2D eigenvalue weighted by Gasteiger charge is 2.29. The van der Waals surface area contributed by atoms with Crippen LogP contribution < -0.4 is 11.1 Å². The predicted octanol–water partition coefficient (Wildman–Crippen LogP) is 3.18. The highest BCUT2D eigenvalue weighted by Crippen LogP contribution is 2.30. The van der Waals surface area contributed by atoms with E-state index in [1.54, 1.807) is 60.8 Å². The number of fused-ring (bicyclic) bond motifs is 2. The van der Waals surface area contributed by atoms with Crippen LogP contribution in [-0.4, -0.2) is 16.6 Å². The molecule has 5 nitrogen and oxygen atoms in total. The molecule has 0 atom stereocenters. The third kappa shape index (κ3) is 2.23. The molecule has 1 aliphatic carbocycles. The molecule has 1 heterocycles. The lowest BCUT2D eigenvalue weighted by Gasteiger charge is -2.18. The van der Waals surface area contributed by atoms with Crippen LogP contribution in [0, 0.1) is 0 Å². The molecule has 0 saturated carbocycles. The Bertz CT molecular complexity index is 978. The number of hydrogen-bond acceptors (Lipinski definition) is 5. The van der Waals surface area contributed by atoms with E-state index in [9.17, 15) is 9.59 Å². The molecular weight excluding hydrogens is 302 g/mol. The van der Waals surface area contributed by atoms with E-state index in [1.807, 2.05) is 0 Å². The molecule has 0 unspecified atom stereocenters. The second kappa shape index (κ2) is 5.31. The molecule has 3 aromatic rings. The van der Waals surface area contributed by atoms with Gasteiger partial charge in [0, 0.05) is 27.9 Å². The summed E-state index contributed by atoms with van der Waals surface area (Å²) in [6, 6.07) is 15.5. The molecule has 0 amide bonds. The second-order valence-electron chi connectivity index (χ2n) is 5.56. The Morgan fingerprint density at radius 2 is 1.38 bits per heavy atom. The summed E-state index contributed by atoms with van der Waals surface area (Å²) in [5.41, 5.74) is 8.77. The number of carbonyl (C=O) groups is 2. The Balaban J connectivity index is 1.74. The topological polar surface area (TPSA) is 85.1 Å². The Morgan fingerprint density at radius 3 is 2.04 bits per heavy atom. The Hall–Kier alpha value is -3.47. The number of hydrogen-bond donors (Lipinski definition) is 2. The molecular formula is C19H13N3O2. The third-order valence-corrected chi connectivity index (χ3v) is 4.00. The van der Waals surface area contributed by atoms with Crippen LogP contribution in [0.1, 0.15) is 31.8 Å². The first kappa shape index (κ1) is 14.1. The first-order chi connectivity index (χ1) is 11.6. The SMILES string of the molecule is Nc1ccc(Nc2ccc3c(c2)C(=O)c2ccccc2C3=O)cn1. The number of aromatic nitrogens is 1. The maximum Gasteiger partial charge on any atom is 0.194 e. The molecule has 0 radical (unpaired) electrons. The number of nitrogens with two attached hydrogens (primary N) is 1. The highest BCUT2D eigenvalue weighted by atomic mass is 16.1. The van der Waals surface area contributed by atoms with Crippen molar-refractivity contribution in [3.63, 3.8) is 0 Å². The van der Waals surface area contributed by atoms with Gasteiger partial charge in [-0.2, -0.15) is 0 Å². The number of rotatable bonds is 2. The Kier molecular flexibility index (Phi) is 3.13. The van der Waals surface area contributed by atoms with Gasteiger partial charge in [0.1, 0.15) is 5.82 Å². The van der Waals surface area contributed by atoms with Crippen molar-refractivity contribution >= 4 is 28.8 Å². The van der Waals surface area contributed by atoms with E-state index in [2.05, 4.69) is 10.3 Å². The van der Waals surface area contributed by atoms with E-state index in [0.29, 0.717) is 33.8 Å². The van der Waals surface area contributed by atoms with Gasteiger partial charge < -0.3 is 11.1 Å². The summed E-state index contributed by atoms with van der Waals surface area (Å²) >= 11 is 0.